The quantitative estimate of drug-likeness (QED) is 0.595. The molecule has 0 bridgehead atoms. The predicted molar refractivity (Wildman–Crippen MR) is 70.4 cm³/mol. The molecule has 21 heavy (non-hydrogen) atoms. The first-order chi connectivity index (χ1) is 10.0. The molecule has 1 aromatic carbocycles. The zero-order valence-corrected chi connectivity index (χ0v) is 10.6. The molecule has 0 saturated heterocycles. The summed E-state index contributed by atoms with van der Waals surface area (Å²) in [5.74, 6) is 4.66. The second kappa shape index (κ2) is 4.94. The van der Waals surface area contributed by atoms with E-state index in [0.717, 1.165) is 9.96 Å². The SMILES string of the molecule is FC(F)(F)c1nnc2ccc(C#Cc3ccccc3)cn12. The van der Waals surface area contributed by atoms with Crippen molar-refractivity contribution in [1.82, 2.24) is 14.6 Å². The number of rotatable bonds is 0. The topological polar surface area (TPSA) is 30.2 Å². The van der Waals surface area contributed by atoms with Crippen LogP contribution in [-0.4, -0.2) is 14.6 Å². The van der Waals surface area contributed by atoms with E-state index in [4.69, 9.17) is 0 Å². The second-order valence-electron chi connectivity index (χ2n) is 4.28. The molecule has 0 aliphatic carbocycles. The fraction of sp³-hybridized carbons (Fsp3) is 0.0667. The first-order valence-electron chi connectivity index (χ1n) is 6.03. The van der Waals surface area contributed by atoms with Gasteiger partial charge in [-0.2, -0.15) is 13.2 Å². The van der Waals surface area contributed by atoms with Crippen LogP contribution in [0.4, 0.5) is 13.2 Å². The van der Waals surface area contributed by atoms with Gasteiger partial charge in [0.05, 0.1) is 0 Å². The standard InChI is InChI=1S/C15H8F3N3/c16-15(17,18)14-20-19-13-9-8-12(10-21(13)14)7-6-11-4-2-1-3-5-11/h1-5,8-10H. The molecular formula is C15H8F3N3. The summed E-state index contributed by atoms with van der Waals surface area (Å²) in [4.78, 5) is 0. The third kappa shape index (κ3) is 2.72. The minimum Gasteiger partial charge on any atom is -0.278 e. The van der Waals surface area contributed by atoms with Gasteiger partial charge in [0, 0.05) is 17.3 Å². The molecule has 0 unspecified atom stereocenters. The number of fused-ring (bicyclic) bond motifs is 1. The van der Waals surface area contributed by atoms with Crippen LogP contribution in [0.1, 0.15) is 17.0 Å². The number of alkyl halides is 3. The highest BCUT2D eigenvalue weighted by Crippen LogP contribution is 2.27. The van der Waals surface area contributed by atoms with Gasteiger partial charge < -0.3 is 0 Å². The summed E-state index contributed by atoms with van der Waals surface area (Å²) in [6.45, 7) is 0. The lowest BCUT2D eigenvalue weighted by Gasteiger charge is -2.03. The zero-order valence-electron chi connectivity index (χ0n) is 10.6. The molecule has 2 aromatic heterocycles. The Morgan fingerprint density at radius 1 is 0.857 bits per heavy atom. The molecule has 0 N–H and O–H groups in total. The van der Waals surface area contributed by atoms with E-state index in [1.54, 1.807) is 6.07 Å². The van der Waals surface area contributed by atoms with Crippen molar-refractivity contribution >= 4 is 5.65 Å². The first-order valence-corrected chi connectivity index (χ1v) is 6.03. The Labute approximate surface area is 118 Å². The molecule has 6 heteroatoms. The van der Waals surface area contributed by atoms with Crippen LogP contribution in [0.2, 0.25) is 0 Å². The highest BCUT2D eigenvalue weighted by atomic mass is 19.4. The lowest BCUT2D eigenvalue weighted by molar-refractivity contribution is -0.145. The maximum atomic E-state index is 12.8. The number of hydrogen-bond acceptors (Lipinski definition) is 2. The maximum absolute atomic E-state index is 12.8. The van der Waals surface area contributed by atoms with Crippen molar-refractivity contribution in [2.45, 2.75) is 6.18 Å². The van der Waals surface area contributed by atoms with Gasteiger partial charge in [0.2, 0.25) is 5.82 Å². The van der Waals surface area contributed by atoms with Gasteiger partial charge in [0.25, 0.3) is 0 Å². The van der Waals surface area contributed by atoms with Gasteiger partial charge in [-0.15, -0.1) is 10.2 Å². The molecule has 3 aromatic rings. The minimum absolute atomic E-state index is 0.132. The van der Waals surface area contributed by atoms with Crippen molar-refractivity contribution in [2.24, 2.45) is 0 Å². The van der Waals surface area contributed by atoms with Crippen molar-refractivity contribution < 1.29 is 13.2 Å². The van der Waals surface area contributed by atoms with E-state index in [1.165, 1.54) is 12.3 Å². The Bertz CT molecular complexity index is 839. The van der Waals surface area contributed by atoms with Crippen LogP contribution in [0.5, 0.6) is 0 Å². The number of hydrogen-bond donors (Lipinski definition) is 0. The van der Waals surface area contributed by atoms with Crippen LogP contribution in [0.25, 0.3) is 5.65 Å². The van der Waals surface area contributed by atoms with E-state index in [9.17, 15) is 13.2 Å². The Balaban J connectivity index is 2.04. The molecule has 3 nitrogen and oxygen atoms in total. The molecule has 0 atom stereocenters. The van der Waals surface area contributed by atoms with Gasteiger partial charge >= 0.3 is 6.18 Å². The predicted octanol–water partition coefficient (Wildman–Crippen LogP) is 3.15. The largest absolute Gasteiger partial charge is 0.452 e. The molecule has 0 fully saturated rings. The number of nitrogens with zero attached hydrogens (tertiary/aromatic N) is 3. The van der Waals surface area contributed by atoms with Crippen LogP contribution in [0, 0.1) is 11.8 Å². The van der Waals surface area contributed by atoms with E-state index in [1.807, 2.05) is 30.3 Å². The van der Waals surface area contributed by atoms with Gasteiger partial charge in [0.1, 0.15) is 0 Å². The Kier molecular flexibility index (Phi) is 3.10. The second-order valence-corrected chi connectivity index (χ2v) is 4.28. The number of pyridine rings is 1. The lowest BCUT2D eigenvalue weighted by atomic mass is 10.2. The van der Waals surface area contributed by atoms with E-state index < -0.39 is 12.0 Å². The molecule has 104 valence electrons. The molecule has 0 spiro atoms. The van der Waals surface area contributed by atoms with Gasteiger partial charge in [-0.05, 0) is 24.3 Å². The number of aromatic nitrogens is 3. The Morgan fingerprint density at radius 3 is 2.29 bits per heavy atom. The first kappa shape index (κ1) is 13.2. The minimum atomic E-state index is -4.55. The van der Waals surface area contributed by atoms with Crippen molar-refractivity contribution in [3.63, 3.8) is 0 Å². The van der Waals surface area contributed by atoms with Gasteiger partial charge in [-0.25, -0.2) is 0 Å². The van der Waals surface area contributed by atoms with Crippen molar-refractivity contribution in [2.75, 3.05) is 0 Å². The molecule has 3 rings (SSSR count). The number of benzene rings is 1. The van der Waals surface area contributed by atoms with Gasteiger partial charge in [0.15, 0.2) is 5.65 Å². The maximum Gasteiger partial charge on any atom is 0.452 e. The average Bonchev–Trinajstić information content (AvgIpc) is 2.89. The van der Waals surface area contributed by atoms with Gasteiger partial charge in [-0.1, -0.05) is 30.0 Å². The third-order valence-corrected chi connectivity index (χ3v) is 2.78. The molecule has 0 radical (unpaired) electrons. The highest BCUT2D eigenvalue weighted by Gasteiger charge is 2.36. The van der Waals surface area contributed by atoms with E-state index >= 15 is 0 Å². The highest BCUT2D eigenvalue weighted by molar-refractivity contribution is 5.47. The monoisotopic (exact) mass is 287 g/mol. The normalized spacial score (nSPS) is 11.2. The molecule has 0 aliphatic rings. The molecule has 0 amide bonds. The smallest absolute Gasteiger partial charge is 0.278 e. The fourth-order valence-corrected chi connectivity index (χ4v) is 1.82. The van der Waals surface area contributed by atoms with Gasteiger partial charge in [-0.3, -0.25) is 4.40 Å². The zero-order chi connectivity index (χ0) is 14.9. The van der Waals surface area contributed by atoms with E-state index in [0.29, 0.717) is 5.56 Å². The average molecular weight is 287 g/mol. The molecule has 0 aliphatic heterocycles. The summed E-state index contributed by atoms with van der Waals surface area (Å²) >= 11 is 0. The summed E-state index contributed by atoms with van der Waals surface area (Å²) < 4.78 is 39.2. The Morgan fingerprint density at radius 2 is 1.57 bits per heavy atom. The molecule has 0 saturated carbocycles. The van der Waals surface area contributed by atoms with E-state index in [2.05, 4.69) is 22.0 Å². The summed E-state index contributed by atoms with van der Waals surface area (Å²) in [6, 6.07) is 12.3. The summed E-state index contributed by atoms with van der Waals surface area (Å²) in [6.07, 6.45) is -3.26. The third-order valence-electron chi connectivity index (χ3n) is 2.78. The van der Waals surface area contributed by atoms with Crippen LogP contribution < -0.4 is 0 Å². The van der Waals surface area contributed by atoms with Crippen LogP contribution in [-0.2, 0) is 6.18 Å². The lowest BCUT2D eigenvalue weighted by Crippen LogP contribution is -2.10. The Hall–Kier alpha value is -2.81. The van der Waals surface area contributed by atoms with Crippen molar-refractivity contribution in [3.05, 3.63) is 65.6 Å². The fourth-order valence-electron chi connectivity index (χ4n) is 1.82. The molecular weight excluding hydrogens is 279 g/mol. The van der Waals surface area contributed by atoms with Crippen LogP contribution in [0.3, 0.4) is 0 Å². The molecule has 2 heterocycles. The number of halogens is 3. The van der Waals surface area contributed by atoms with Crippen molar-refractivity contribution in [3.8, 4) is 11.8 Å². The van der Waals surface area contributed by atoms with Crippen molar-refractivity contribution in [1.29, 1.82) is 0 Å². The van der Waals surface area contributed by atoms with E-state index in [-0.39, 0.29) is 5.65 Å². The summed E-state index contributed by atoms with van der Waals surface area (Å²) in [5.41, 5.74) is 1.38. The van der Waals surface area contributed by atoms with Crippen LogP contribution >= 0.6 is 0 Å². The van der Waals surface area contributed by atoms with Crippen LogP contribution in [0.15, 0.2) is 48.7 Å². The summed E-state index contributed by atoms with van der Waals surface area (Å²) in [5, 5.41) is 6.66. The summed E-state index contributed by atoms with van der Waals surface area (Å²) in [7, 11) is 0.